The maximum Gasteiger partial charge on any atom is 0.270 e. The van der Waals surface area contributed by atoms with Gasteiger partial charge in [-0.15, -0.1) is 0 Å². The van der Waals surface area contributed by atoms with Crippen molar-refractivity contribution in [3.63, 3.8) is 0 Å². The Hall–Kier alpha value is -1.98. The van der Waals surface area contributed by atoms with Crippen LogP contribution in [-0.2, 0) is 0 Å². The number of carbonyl (C=O) groups is 1. The summed E-state index contributed by atoms with van der Waals surface area (Å²) in [7, 11) is 0. The van der Waals surface area contributed by atoms with E-state index in [4.69, 9.17) is 0 Å². The smallest absolute Gasteiger partial charge is 0.270 e. The van der Waals surface area contributed by atoms with Crippen LogP contribution in [0.25, 0.3) is 0 Å². The van der Waals surface area contributed by atoms with E-state index in [0.717, 1.165) is 31.4 Å². The van der Waals surface area contributed by atoms with Gasteiger partial charge in [0.1, 0.15) is 5.82 Å². The van der Waals surface area contributed by atoms with Gasteiger partial charge in [0.05, 0.1) is 10.5 Å². The maximum absolute atomic E-state index is 14.1. The van der Waals surface area contributed by atoms with Crippen LogP contribution < -0.4 is 0 Å². The topological polar surface area (TPSA) is 63.5 Å². The molecule has 0 aromatic heterocycles. The van der Waals surface area contributed by atoms with Crippen molar-refractivity contribution in [3.8, 4) is 0 Å². The summed E-state index contributed by atoms with van der Waals surface area (Å²) < 4.78 is 14.1. The number of nitro benzene ring substituents is 1. The molecule has 108 valence electrons. The highest BCUT2D eigenvalue weighted by Crippen LogP contribution is 2.30. The van der Waals surface area contributed by atoms with E-state index in [0.29, 0.717) is 6.54 Å². The SMILES string of the molecule is CCCN(C(=O)c1cc([N+](=O)[O-])cc(C)c1F)C1CC1. The van der Waals surface area contributed by atoms with E-state index in [1.165, 1.54) is 6.92 Å². The normalized spacial score (nSPS) is 14.2. The number of nitro groups is 1. The third kappa shape index (κ3) is 2.79. The van der Waals surface area contributed by atoms with Gasteiger partial charge in [0, 0.05) is 24.7 Å². The third-order valence-electron chi connectivity index (χ3n) is 3.39. The van der Waals surface area contributed by atoms with Gasteiger partial charge in [-0.05, 0) is 31.7 Å². The molecule has 20 heavy (non-hydrogen) atoms. The quantitative estimate of drug-likeness (QED) is 0.615. The summed E-state index contributed by atoms with van der Waals surface area (Å²) in [6, 6.07) is 2.34. The molecule has 0 radical (unpaired) electrons. The first-order chi connectivity index (χ1) is 9.45. The van der Waals surface area contributed by atoms with E-state index in [9.17, 15) is 19.3 Å². The van der Waals surface area contributed by atoms with Crippen LogP contribution in [0.2, 0.25) is 0 Å². The largest absolute Gasteiger partial charge is 0.336 e. The number of halogens is 1. The molecule has 0 spiro atoms. The van der Waals surface area contributed by atoms with Crippen LogP contribution in [0.3, 0.4) is 0 Å². The van der Waals surface area contributed by atoms with Crippen LogP contribution in [0.15, 0.2) is 12.1 Å². The molecular formula is C14H17FN2O3. The summed E-state index contributed by atoms with van der Waals surface area (Å²) in [4.78, 5) is 24.3. The summed E-state index contributed by atoms with van der Waals surface area (Å²) in [5.74, 6) is -1.11. The first kappa shape index (κ1) is 14.4. The summed E-state index contributed by atoms with van der Waals surface area (Å²) in [5.41, 5.74) is -0.327. The number of carbonyl (C=O) groups excluding carboxylic acids is 1. The van der Waals surface area contributed by atoms with Crippen molar-refractivity contribution in [3.05, 3.63) is 39.2 Å². The van der Waals surface area contributed by atoms with E-state index >= 15 is 0 Å². The molecular weight excluding hydrogens is 263 g/mol. The molecule has 0 bridgehead atoms. The lowest BCUT2D eigenvalue weighted by Gasteiger charge is -2.22. The van der Waals surface area contributed by atoms with Crippen LogP contribution in [0.5, 0.6) is 0 Å². The zero-order chi connectivity index (χ0) is 14.9. The lowest BCUT2D eigenvalue weighted by atomic mass is 10.1. The van der Waals surface area contributed by atoms with Crippen molar-refractivity contribution in [1.29, 1.82) is 0 Å². The van der Waals surface area contributed by atoms with Crippen molar-refractivity contribution in [2.24, 2.45) is 0 Å². The third-order valence-corrected chi connectivity index (χ3v) is 3.39. The number of benzene rings is 1. The van der Waals surface area contributed by atoms with Crippen LogP contribution >= 0.6 is 0 Å². The van der Waals surface area contributed by atoms with Gasteiger partial charge in [0.2, 0.25) is 0 Å². The van der Waals surface area contributed by atoms with E-state index in [2.05, 4.69) is 0 Å². The molecule has 0 atom stereocenters. The molecule has 0 aliphatic heterocycles. The van der Waals surface area contributed by atoms with Gasteiger partial charge in [-0.1, -0.05) is 6.92 Å². The van der Waals surface area contributed by atoms with Crippen LogP contribution in [-0.4, -0.2) is 28.3 Å². The Labute approximate surface area is 116 Å². The van der Waals surface area contributed by atoms with E-state index < -0.39 is 16.6 Å². The molecule has 1 aliphatic carbocycles. The number of nitrogens with zero attached hydrogens (tertiary/aromatic N) is 2. The molecule has 1 aromatic carbocycles. The second-order valence-electron chi connectivity index (χ2n) is 5.11. The highest BCUT2D eigenvalue weighted by Gasteiger charge is 2.34. The Morgan fingerprint density at radius 3 is 2.65 bits per heavy atom. The van der Waals surface area contributed by atoms with Gasteiger partial charge < -0.3 is 4.90 Å². The number of hydrogen-bond donors (Lipinski definition) is 0. The summed E-state index contributed by atoms with van der Waals surface area (Å²) in [6.07, 6.45) is 2.61. The number of non-ortho nitro benzene ring substituents is 1. The molecule has 0 unspecified atom stereocenters. The monoisotopic (exact) mass is 280 g/mol. The van der Waals surface area contributed by atoms with Gasteiger partial charge >= 0.3 is 0 Å². The zero-order valence-corrected chi connectivity index (χ0v) is 11.6. The molecule has 5 nitrogen and oxygen atoms in total. The van der Waals surface area contributed by atoms with Crippen molar-refractivity contribution >= 4 is 11.6 Å². The van der Waals surface area contributed by atoms with Gasteiger partial charge in [0.15, 0.2) is 0 Å². The lowest BCUT2D eigenvalue weighted by Crippen LogP contribution is -2.34. The molecule has 1 aliphatic rings. The van der Waals surface area contributed by atoms with Gasteiger partial charge in [-0.25, -0.2) is 4.39 Å². The van der Waals surface area contributed by atoms with Crippen molar-refractivity contribution in [2.45, 2.75) is 39.2 Å². The minimum Gasteiger partial charge on any atom is -0.336 e. The van der Waals surface area contributed by atoms with Crippen LogP contribution in [0.4, 0.5) is 10.1 Å². The second-order valence-corrected chi connectivity index (χ2v) is 5.11. The number of rotatable bonds is 5. The predicted octanol–water partition coefficient (Wildman–Crippen LogP) is 3.06. The Bertz CT molecular complexity index is 556. The van der Waals surface area contributed by atoms with Gasteiger partial charge in [-0.2, -0.15) is 0 Å². The molecule has 1 saturated carbocycles. The standard InChI is InChI=1S/C14H17FN2O3/c1-3-6-16(10-4-5-10)14(18)12-8-11(17(19)20)7-9(2)13(12)15/h7-8,10H,3-6H2,1-2H3. The minimum absolute atomic E-state index is 0.120. The summed E-state index contributed by atoms with van der Waals surface area (Å²) in [6.45, 7) is 3.92. The molecule has 0 heterocycles. The van der Waals surface area contributed by atoms with Crippen molar-refractivity contribution in [1.82, 2.24) is 4.90 Å². The number of amides is 1. The average Bonchev–Trinajstić information content (AvgIpc) is 3.22. The molecule has 1 aromatic rings. The predicted molar refractivity (Wildman–Crippen MR) is 72.1 cm³/mol. The molecule has 1 amide bonds. The van der Waals surface area contributed by atoms with Gasteiger partial charge in [-0.3, -0.25) is 14.9 Å². The Morgan fingerprint density at radius 1 is 1.50 bits per heavy atom. The van der Waals surface area contributed by atoms with Crippen molar-refractivity contribution < 1.29 is 14.1 Å². The van der Waals surface area contributed by atoms with E-state index in [1.807, 2.05) is 6.92 Å². The molecule has 6 heteroatoms. The summed E-state index contributed by atoms with van der Waals surface area (Å²) in [5, 5.41) is 10.8. The molecule has 0 N–H and O–H groups in total. The number of aryl methyl sites for hydroxylation is 1. The first-order valence-corrected chi connectivity index (χ1v) is 6.71. The Balaban J connectivity index is 2.39. The highest BCUT2D eigenvalue weighted by molar-refractivity contribution is 5.95. The average molecular weight is 280 g/mol. The minimum atomic E-state index is -0.664. The van der Waals surface area contributed by atoms with E-state index in [-0.39, 0.29) is 22.9 Å². The Kier molecular flexibility index (Phi) is 4.01. The fourth-order valence-electron chi connectivity index (χ4n) is 2.24. The lowest BCUT2D eigenvalue weighted by molar-refractivity contribution is -0.385. The zero-order valence-electron chi connectivity index (χ0n) is 11.6. The Morgan fingerprint density at radius 2 is 2.15 bits per heavy atom. The fraction of sp³-hybridized carbons (Fsp3) is 0.500. The maximum atomic E-state index is 14.1. The highest BCUT2D eigenvalue weighted by atomic mass is 19.1. The van der Waals surface area contributed by atoms with E-state index in [1.54, 1.807) is 4.90 Å². The van der Waals surface area contributed by atoms with Crippen molar-refractivity contribution in [2.75, 3.05) is 6.54 Å². The molecule has 0 saturated heterocycles. The number of hydrogen-bond acceptors (Lipinski definition) is 3. The fourth-order valence-corrected chi connectivity index (χ4v) is 2.24. The van der Waals surface area contributed by atoms with Gasteiger partial charge in [0.25, 0.3) is 11.6 Å². The van der Waals surface area contributed by atoms with Crippen LogP contribution in [0.1, 0.15) is 42.1 Å². The second kappa shape index (κ2) is 5.56. The first-order valence-electron chi connectivity index (χ1n) is 6.71. The molecule has 2 rings (SSSR count). The summed E-state index contributed by atoms with van der Waals surface area (Å²) >= 11 is 0. The van der Waals surface area contributed by atoms with Crippen LogP contribution in [0, 0.1) is 22.9 Å². The molecule has 1 fully saturated rings.